The van der Waals surface area contributed by atoms with Crippen molar-refractivity contribution in [3.8, 4) is 0 Å². The number of hydrogen-bond acceptors (Lipinski definition) is 7. The maximum absolute atomic E-state index is 12.6. The molecule has 0 aliphatic carbocycles. The number of carbonyl (C=O) groups is 2. The second kappa shape index (κ2) is 6.90. The molecule has 27 heavy (non-hydrogen) atoms. The lowest BCUT2D eigenvalue weighted by molar-refractivity contribution is -0.384. The van der Waals surface area contributed by atoms with Crippen LogP contribution in [0.1, 0.15) is 35.9 Å². The number of carbonyl (C=O) groups excluding carboxylic acids is 1. The Kier molecular flexibility index (Phi) is 4.63. The molecule has 1 atom stereocenters. The van der Waals surface area contributed by atoms with Crippen LogP contribution in [0.25, 0.3) is 0 Å². The van der Waals surface area contributed by atoms with Crippen molar-refractivity contribution >= 4 is 23.4 Å². The molecule has 1 aliphatic rings. The highest BCUT2D eigenvalue weighted by atomic mass is 16.6. The number of anilines is 1. The number of non-ortho nitro benzene ring substituents is 1. The first kappa shape index (κ1) is 18.1. The number of carboxylic acids is 1. The van der Waals surface area contributed by atoms with Gasteiger partial charge in [-0.1, -0.05) is 12.1 Å². The minimum absolute atomic E-state index is 0.146. The van der Waals surface area contributed by atoms with Crippen LogP contribution >= 0.6 is 0 Å². The van der Waals surface area contributed by atoms with Crippen LogP contribution in [0.2, 0.25) is 0 Å². The van der Waals surface area contributed by atoms with Crippen LogP contribution in [0.4, 0.5) is 11.5 Å². The van der Waals surface area contributed by atoms with Crippen LogP contribution in [-0.2, 0) is 9.53 Å². The van der Waals surface area contributed by atoms with E-state index in [9.17, 15) is 24.8 Å². The number of esters is 1. The number of benzene rings is 1. The lowest BCUT2D eigenvalue weighted by atomic mass is 9.94. The quantitative estimate of drug-likeness (QED) is 0.463. The number of fused-ring (bicyclic) bond motifs is 1. The summed E-state index contributed by atoms with van der Waals surface area (Å²) < 4.78 is 6.59. The zero-order valence-electron chi connectivity index (χ0n) is 14.5. The smallest absolute Gasteiger partial charge is 0.358 e. The molecule has 0 saturated heterocycles. The molecule has 1 aliphatic heterocycles. The first-order valence-corrected chi connectivity index (χ1v) is 8.04. The molecule has 1 unspecified atom stereocenters. The standard InChI is InChI=1S/C17H16N4O6/c1-3-27-17(24)12-9(2)19-15-13(16(22)23)18-8-20(15)14(12)10-5-4-6-11(7-10)21(25)26/h4-8,14,19H,3H2,1-2H3,(H,22,23). The number of carboxylic acid groups (broad SMARTS) is 1. The van der Waals surface area contributed by atoms with Gasteiger partial charge in [0, 0.05) is 17.8 Å². The zero-order chi connectivity index (χ0) is 19.7. The number of aromatic nitrogens is 2. The van der Waals surface area contributed by atoms with Gasteiger partial charge in [-0.3, -0.25) is 10.1 Å². The third kappa shape index (κ3) is 3.12. The van der Waals surface area contributed by atoms with Crippen LogP contribution < -0.4 is 5.32 Å². The van der Waals surface area contributed by atoms with E-state index in [2.05, 4.69) is 10.3 Å². The molecule has 0 amide bonds. The van der Waals surface area contributed by atoms with Gasteiger partial charge in [0.05, 0.1) is 29.5 Å². The number of ether oxygens (including phenoxy) is 1. The average molecular weight is 372 g/mol. The number of imidazole rings is 1. The van der Waals surface area contributed by atoms with Gasteiger partial charge in [-0.15, -0.1) is 0 Å². The van der Waals surface area contributed by atoms with E-state index in [1.165, 1.54) is 29.1 Å². The number of rotatable bonds is 5. The van der Waals surface area contributed by atoms with Gasteiger partial charge in [0.1, 0.15) is 5.82 Å². The lowest BCUT2D eigenvalue weighted by Gasteiger charge is -2.30. The van der Waals surface area contributed by atoms with Crippen LogP contribution in [0.15, 0.2) is 41.9 Å². The van der Waals surface area contributed by atoms with E-state index in [0.29, 0.717) is 11.3 Å². The van der Waals surface area contributed by atoms with Crippen LogP contribution in [0.5, 0.6) is 0 Å². The van der Waals surface area contributed by atoms with E-state index in [0.717, 1.165) is 0 Å². The van der Waals surface area contributed by atoms with Crippen LogP contribution in [0.3, 0.4) is 0 Å². The fourth-order valence-corrected chi connectivity index (χ4v) is 3.04. The highest BCUT2D eigenvalue weighted by Gasteiger charge is 2.36. The van der Waals surface area contributed by atoms with E-state index in [4.69, 9.17) is 4.74 Å². The van der Waals surface area contributed by atoms with E-state index in [1.807, 2.05) is 0 Å². The Labute approximate surface area is 153 Å². The van der Waals surface area contributed by atoms with Crippen molar-refractivity contribution < 1.29 is 24.4 Å². The molecule has 0 fully saturated rings. The molecule has 3 rings (SSSR count). The third-order valence-corrected chi connectivity index (χ3v) is 4.15. The molecule has 2 heterocycles. The Morgan fingerprint density at radius 1 is 1.44 bits per heavy atom. The summed E-state index contributed by atoms with van der Waals surface area (Å²) in [5, 5.41) is 23.4. The van der Waals surface area contributed by atoms with E-state index in [1.54, 1.807) is 19.9 Å². The summed E-state index contributed by atoms with van der Waals surface area (Å²) in [5.41, 5.74) is 0.683. The van der Waals surface area contributed by atoms with Crippen molar-refractivity contribution in [3.05, 3.63) is 63.2 Å². The third-order valence-electron chi connectivity index (χ3n) is 4.15. The maximum atomic E-state index is 12.6. The number of nitro groups is 1. The Bertz CT molecular complexity index is 978. The van der Waals surface area contributed by atoms with E-state index in [-0.39, 0.29) is 29.4 Å². The summed E-state index contributed by atoms with van der Waals surface area (Å²) in [7, 11) is 0. The summed E-state index contributed by atoms with van der Waals surface area (Å²) in [5.74, 6) is -1.65. The molecule has 10 heteroatoms. The Morgan fingerprint density at radius 3 is 2.81 bits per heavy atom. The molecule has 0 radical (unpaired) electrons. The molecule has 2 aromatic rings. The minimum Gasteiger partial charge on any atom is -0.476 e. The van der Waals surface area contributed by atoms with Crippen molar-refractivity contribution in [2.24, 2.45) is 0 Å². The summed E-state index contributed by atoms with van der Waals surface area (Å²) in [6, 6.07) is 4.98. The zero-order valence-corrected chi connectivity index (χ0v) is 14.5. The molecule has 0 spiro atoms. The Morgan fingerprint density at radius 2 is 2.19 bits per heavy atom. The summed E-state index contributed by atoms with van der Waals surface area (Å²) in [4.78, 5) is 38.5. The number of hydrogen-bond donors (Lipinski definition) is 2. The second-order valence-electron chi connectivity index (χ2n) is 5.79. The average Bonchev–Trinajstić information content (AvgIpc) is 3.04. The Balaban J connectivity index is 2.22. The molecule has 2 N–H and O–H groups in total. The highest BCUT2D eigenvalue weighted by molar-refractivity contribution is 5.96. The summed E-state index contributed by atoms with van der Waals surface area (Å²) >= 11 is 0. The SMILES string of the molecule is CCOC(=O)C1=C(C)Nc2c(C(=O)O)ncn2C1c1cccc([N+](=O)[O-])c1. The Hall–Kier alpha value is -3.69. The van der Waals surface area contributed by atoms with Crippen molar-refractivity contribution in [1.82, 2.24) is 9.55 Å². The maximum Gasteiger partial charge on any atom is 0.358 e. The largest absolute Gasteiger partial charge is 0.476 e. The predicted molar refractivity (Wildman–Crippen MR) is 93.4 cm³/mol. The highest BCUT2D eigenvalue weighted by Crippen LogP contribution is 2.38. The fourth-order valence-electron chi connectivity index (χ4n) is 3.04. The monoisotopic (exact) mass is 372 g/mol. The van der Waals surface area contributed by atoms with E-state index < -0.39 is 22.9 Å². The van der Waals surface area contributed by atoms with Gasteiger partial charge in [0.25, 0.3) is 5.69 Å². The van der Waals surface area contributed by atoms with Crippen LogP contribution in [0, 0.1) is 10.1 Å². The summed E-state index contributed by atoms with van der Waals surface area (Å²) in [6.45, 7) is 3.42. The topological polar surface area (TPSA) is 137 Å². The van der Waals surface area contributed by atoms with Crippen LogP contribution in [-0.4, -0.2) is 38.1 Å². The predicted octanol–water partition coefficient (Wildman–Crippen LogP) is 2.34. The van der Waals surface area contributed by atoms with Gasteiger partial charge in [0.15, 0.2) is 5.69 Å². The molecular weight excluding hydrogens is 356 g/mol. The minimum atomic E-state index is -1.23. The van der Waals surface area contributed by atoms with Gasteiger partial charge in [0.2, 0.25) is 0 Å². The number of allylic oxidation sites excluding steroid dienone is 1. The fraction of sp³-hybridized carbons (Fsp3) is 0.235. The first-order valence-electron chi connectivity index (χ1n) is 8.04. The van der Waals surface area contributed by atoms with Crippen molar-refractivity contribution in [2.45, 2.75) is 19.9 Å². The van der Waals surface area contributed by atoms with Gasteiger partial charge in [-0.2, -0.15) is 0 Å². The van der Waals surface area contributed by atoms with Gasteiger partial charge in [-0.05, 0) is 19.4 Å². The van der Waals surface area contributed by atoms with Gasteiger partial charge in [-0.25, -0.2) is 14.6 Å². The van der Waals surface area contributed by atoms with Crippen molar-refractivity contribution in [1.29, 1.82) is 0 Å². The number of aromatic carboxylic acids is 1. The first-order chi connectivity index (χ1) is 12.8. The number of nitrogens with one attached hydrogen (secondary N) is 1. The molecular formula is C17H16N4O6. The summed E-state index contributed by atoms with van der Waals surface area (Å²) in [6.07, 6.45) is 1.28. The molecule has 0 bridgehead atoms. The van der Waals surface area contributed by atoms with E-state index >= 15 is 0 Å². The lowest BCUT2D eigenvalue weighted by Crippen LogP contribution is -2.29. The molecule has 1 aromatic heterocycles. The van der Waals surface area contributed by atoms with Gasteiger partial charge < -0.3 is 19.7 Å². The number of nitro benzene ring substituents is 1. The molecule has 0 saturated carbocycles. The van der Waals surface area contributed by atoms with Gasteiger partial charge >= 0.3 is 11.9 Å². The molecule has 1 aromatic carbocycles. The second-order valence-corrected chi connectivity index (χ2v) is 5.79. The molecule has 140 valence electrons. The van der Waals surface area contributed by atoms with Crippen molar-refractivity contribution in [3.63, 3.8) is 0 Å². The normalized spacial score (nSPS) is 15.7. The molecule has 10 nitrogen and oxygen atoms in total. The van der Waals surface area contributed by atoms with Crippen molar-refractivity contribution in [2.75, 3.05) is 11.9 Å². The number of nitrogens with zero attached hydrogens (tertiary/aromatic N) is 3.